The summed E-state index contributed by atoms with van der Waals surface area (Å²) < 4.78 is 0. The summed E-state index contributed by atoms with van der Waals surface area (Å²) in [4.78, 5) is 14.5. The monoisotopic (exact) mass is 192 g/mol. The van der Waals surface area contributed by atoms with Gasteiger partial charge in [-0.15, -0.1) is 0 Å². The van der Waals surface area contributed by atoms with Gasteiger partial charge in [0.15, 0.2) is 0 Å². The van der Waals surface area contributed by atoms with Gasteiger partial charge in [-0.25, -0.2) is 0 Å². The minimum absolute atomic E-state index is 0.348. The van der Waals surface area contributed by atoms with Gasteiger partial charge in [0.05, 0.1) is 0 Å². The van der Waals surface area contributed by atoms with Gasteiger partial charge in [-0.2, -0.15) is 0 Å². The molecule has 4 heteroatoms. The summed E-state index contributed by atoms with van der Waals surface area (Å²) in [6, 6.07) is 0. The normalized spacial score (nSPS) is 10.4. The van der Waals surface area contributed by atoms with Gasteiger partial charge < -0.3 is 9.80 Å². The Morgan fingerprint density at radius 2 is 1.83 bits per heavy atom. The maximum atomic E-state index is 10.8. The molecule has 3 nitrogen and oxygen atoms in total. The van der Waals surface area contributed by atoms with Crippen LogP contribution in [0, 0.1) is 0 Å². The Hall–Kier alpha value is -0.280. The number of likely N-dealkylation sites (N-methyl/N-ethyl adjacent to an activating group) is 1. The van der Waals surface area contributed by atoms with Crippen LogP contribution < -0.4 is 0 Å². The number of carbonyl (C=O) groups excluding carboxylic acids is 1. The molecule has 0 spiro atoms. The number of hydrogen-bond donors (Lipinski definition) is 0. The molecule has 0 N–H and O–H groups in total. The zero-order chi connectivity index (χ0) is 9.56. The molecule has 0 aliphatic rings. The van der Waals surface area contributed by atoms with E-state index in [4.69, 9.17) is 11.6 Å². The number of halogens is 1. The summed E-state index contributed by atoms with van der Waals surface area (Å²) in [5.74, 6) is 0. The number of hydrogen-bond acceptors (Lipinski definition) is 2. The summed E-state index contributed by atoms with van der Waals surface area (Å²) in [6.45, 7) is 4.35. The van der Waals surface area contributed by atoms with Gasteiger partial charge in [-0.3, -0.25) is 4.79 Å². The van der Waals surface area contributed by atoms with Crippen molar-refractivity contribution in [1.82, 2.24) is 9.80 Å². The Labute approximate surface area is 79.3 Å². The van der Waals surface area contributed by atoms with Crippen molar-refractivity contribution in [3.05, 3.63) is 0 Å². The van der Waals surface area contributed by atoms with Crippen LogP contribution in [0.2, 0.25) is 0 Å². The molecule has 0 aromatic carbocycles. The molecule has 0 aromatic rings. The van der Waals surface area contributed by atoms with Crippen molar-refractivity contribution in [1.29, 1.82) is 0 Å². The lowest BCUT2D eigenvalue weighted by atomic mass is 10.4. The number of carbonyl (C=O) groups is 1. The zero-order valence-electron chi connectivity index (χ0n) is 8.01. The number of rotatable bonds is 5. The highest BCUT2D eigenvalue weighted by Crippen LogP contribution is 1.97. The van der Waals surface area contributed by atoms with Gasteiger partial charge in [0.2, 0.25) is 0 Å². The zero-order valence-corrected chi connectivity index (χ0v) is 8.76. The first kappa shape index (κ1) is 11.7. The number of nitrogens with zero attached hydrogens (tertiary/aromatic N) is 2. The van der Waals surface area contributed by atoms with Crippen molar-refractivity contribution in [3.8, 4) is 0 Å². The van der Waals surface area contributed by atoms with E-state index in [1.807, 2.05) is 25.9 Å². The predicted octanol–water partition coefficient (Wildman–Crippen LogP) is 1.62. The van der Waals surface area contributed by atoms with E-state index in [2.05, 4.69) is 0 Å². The molecular formula is C8H17ClN2O. The molecule has 0 aromatic heterocycles. The van der Waals surface area contributed by atoms with E-state index >= 15 is 0 Å². The quantitative estimate of drug-likeness (QED) is 0.488. The Morgan fingerprint density at radius 3 is 2.17 bits per heavy atom. The second-order valence-corrected chi connectivity index (χ2v) is 3.37. The minimum atomic E-state index is -0.348. The van der Waals surface area contributed by atoms with Crippen LogP contribution in [0.4, 0.5) is 4.79 Å². The topological polar surface area (TPSA) is 23.6 Å². The smallest absolute Gasteiger partial charge is 0.316 e. The van der Waals surface area contributed by atoms with Crippen LogP contribution in [0.3, 0.4) is 0 Å². The lowest BCUT2D eigenvalue weighted by Gasteiger charge is -2.20. The standard InChI is InChI=1S/C8H17ClN2O/c1-4-5-11(8(9)12)7-6-10(2)3/h4-7H2,1-3H3. The Kier molecular flexibility index (Phi) is 6.11. The van der Waals surface area contributed by atoms with Gasteiger partial charge in [0, 0.05) is 19.6 Å². The van der Waals surface area contributed by atoms with Crippen LogP contribution in [0.15, 0.2) is 0 Å². The lowest BCUT2D eigenvalue weighted by molar-refractivity contribution is 0.215. The summed E-state index contributed by atoms with van der Waals surface area (Å²) in [5, 5.41) is -0.348. The van der Waals surface area contributed by atoms with Crippen LogP contribution in [-0.4, -0.2) is 48.9 Å². The third kappa shape index (κ3) is 5.38. The second kappa shape index (κ2) is 6.26. The Balaban J connectivity index is 3.71. The molecule has 0 atom stereocenters. The SMILES string of the molecule is CCCN(CCN(C)C)C(=O)Cl. The van der Waals surface area contributed by atoms with Crippen LogP contribution >= 0.6 is 11.6 Å². The van der Waals surface area contributed by atoms with E-state index in [-0.39, 0.29) is 5.37 Å². The highest BCUT2D eigenvalue weighted by molar-refractivity contribution is 6.62. The van der Waals surface area contributed by atoms with E-state index in [1.165, 1.54) is 0 Å². The molecule has 12 heavy (non-hydrogen) atoms. The van der Waals surface area contributed by atoms with Crippen LogP contribution in [0.1, 0.15) is 13.3 Å². The Bertz CT molecular complexity index is 139. The maximum absolute atomic E-state index is 10.8. The van der Waals surface area contributed by atoms with E-state index in [0.717, 1.165) is 19.5 Å². The van der Waals surface area contributed by atoms with E-state index in [9.17, 15) is 4.79 Å². The van der Waals surface area contributed by atoms with E-state index < -0.39 is 0 Å². The summed E-state index contributed by atoms with van der Waals surface area (Å²) in [5.41, 5.74) is 0. The molecule has 0 bridgehead atoms. The molecule has 1 amide bonds. The lowest BCUT2D eigenvalue weighted by Crippen LogP contribution is -2.34. The van der Waals surface area contributed by atoms with Crippen molar-refractivity contribution >= 4 is 17.0 Å². The van der Waals surface area contributed by atoms with Gasteiger partial charge in [0.25, 0.3) is 0 Å². The van der Waals surface area contributed by atoms with Crippen molar-refractivity contribution < 1.29 is 4.79 Å². The molecule has 0 heterocycles. The molecule has 0 saturated heterocycles. The van der Waals surface area contributed by atoms with Gasteiger partial charge in [-0.1, -0.05) is 6.92 Å². The summed E-state index contributed by atoms with van der Waals surface area (Å²) >= 11 is 5.37. The number of amides is 1. The van der Waals surface area contributed by atoms with E-state index in [1.54, 1.807) is 4.90 Å². The predicted molar refractivity (Wildman–Crippen MR) is 51.7 cm³/mol. The maximum Gasteiger partial charge on any atom is 0.316 e. The van der Waals surface area contributed by atoms with Crippen LogP contribution in [-0.2, 0) is 0 Å². The highest BCUT2D eigenvalue weighted by atomic mass is 35.5. The van der Waals surface area contributed by atoms with Crippen LogP contribution in [0.5, 0.6) is 0 Å². The first-order valence-electron chi connectivity index (χ1n) is 4.17. The molecule has 0 aliphatic carbocycles. The third-order valence-electron chi connectivity index (χ3n) is 1.56. The molecule has 0 aliphatic heterocycles. The van der Waals surface area contributed by atoms with Gasteiger partial charge in [0.1, 0.15) is 0 Å². The largest absolute Gasteiger partial charge is 0.328 e. The molecule has 0 rings (SSSR count). The van der Waals surface area contributed by atoms with Gasteiger partial charge in [-0.05, 0) is 32.1 Å². The Morgan fingerprint density at radius 1 is 1.25 bits per heavy atom. The van der Waals surface area contributed by atoms with E-state index in [0.29, 0.717) is 6.54 Å². The van der Waals surface area contributed by atoms with Crippen molar-refractivity contribution in [2.75, 3.05) is 33.7 Å². The second-order valence-electron chi connectivity index (χ2n) is 3.04. The molecule has 0 fully saturated rings. The first-order valence-corrected chi connectivity index (χ1v) is 4.54. The molecule has 72 valence electrons. The highest BCUT2D eigenvalue weighted by Gasteiger charge is 2.08. The fourth-order valence-electron chi connectivity index (χ4n) is 0.878. The van der Waals surface area contributed by atoms with Gasteiger partial charge >= 0.3 is 5.37 Å². The fraction of sp³-hybridized carbons (Fsp3) is 0.875. The third-order valence-corrected chi connectivity index (χ3v) is 1.80. The first-order chi connectivity index (χ1) is 5.57. The van der Waals surface area contributed by atoms with Crippen LogP contribution in [0.25, 0.3) is 0 Å². The van der Waals surface area contributed by atoms with Crippen molar-refractivity contribution in [2.45, 2.75) is 13.3 Å². The van der Waals surface area contributed by atoms with Crippen molar-refractivity contribution in [3.63, 3.8) is 0 Å². The average Bonchev–Trinajstić information content (AvgIpc) is 1.96. The minimum Gasteiger partial charge on any atom is -0.328 e. The average molecular weight is 193 g/mol. The molecule has 0 saturated carbocycles. The fourth-order valence-corrected chi connectivity index (χ4v) is 1.05. The molecule has 0 radical (unpaired) electrons. The molecule has 0 unspecified atom stereocenters. The molecular weight excluding hydrogens is 176 g/mol. The van der Waals surface area contributed by atoms with Crippen molar-refractivity contribution in [2.24, 2.45) is 0 Å². The summed E-state index contributed by atoms with van der Waals surface area (Å²) in [6.07, 6.45) is 0.950. The summed E-state index contributed by atoms with van der Waals surface area (Å²) in [7, 11) is 3.95.